The molecule has 1 aromatic rings. The molecule has 0 bridgehead atoms. The van der Waals surface area contributed by atoms with Crippen molar-refractivity contribution in [1.29, 1.82) is 0 Å². The predicted molar refractivity (Wildman–Crippen MR) is 114 cm³/mol. The number of hydrazine groups is 1. The van der Waals surface area contributed by atoms with Gasteiger partial charge in [0.25, 0.3) is 0 Å². The van der Waals surface area contributed by atoms with Crippen molar-refractivity contribution in [3.63, 3.8) is 0 Å². The normalized spacial score (nSPS) is 33.9. The second-order valence-corrected chi connectivity index (χ2v) is 9.72. The Labute approximate surface area is 186 Å². The summed E-state index contributed by atoms with van der Waals surface area (Å²) in [7, 11) is 2.11. The molecular formula is C22H31F3N6O. The minimum Gasteiger partial charge on any atom is -0.354 e. The molecule has 3 aliphatic heterocycles. The molecule has 10 heteroatoms. The molecule has 0 spiro atoms. The third kappa shape index (κ3) is 4.20. The van der Waals surface area contributed by atoms with E-state index >= 15 is 0 Å². The topological polar surface area (TPSA) is 63.7 Å². The van der Waals surface area contributed by atoms with Gasteiger partial charge in [0, 0.05) is 51.0 Å². The molecule has 32 heavy (non-hydrogen) atoms. The van der Waals surface area contributed by atoms with Gasteiger partial charge in [-0.3, -0.25) is 15.6 Å². The van der Waals surface area contributed by atoms with Crippen molar-refractivity contribution < 1.29 is 18.0 Å². The number of halogens is 3. The summed E-state index contributed by atoms with van der Waals surface area (Å²) in [6.45, 7) is 3.03. The van der Waals surface area contributed by atoms with Crippen molar-refractivity contribution in [2.24, 2.45) is 11.8 Å². The van der Waals surface area contributed by atoms with Gasteiger partial charge < -0.3 is 14.7 Å². The van der Waals surface area contributed by atoms with E-state index in [1.54, 1.807) is 0 Å². The van der Waals surface area contributed by atoms with Crippen LogP contribution in [0.3, 0.4) is 0 Å². The number of hydrogen-bond acceptors (Lipinski definition) is 6. The second kappa shape index (κ2) is 8.46. The molecule has 3 saturated heterocycles. The van der Waals surface area contributed by atoms with Crippen molar-refractivity contribution in [3.05, 3.63) is 23.9 Å². The highest BCUT2D eigenvalue weighted by Gasteiger charge is 2.54. The molecule has 5 rings (SSSR count). The molecule has 1 saturated carbocycles. The molecule has 5 unspecified atom stereocenters. The van der Waals surface area contributed by atoms with Crippen LogP contribution in [0.25, 0.3) is 0 Å². The number of carbonyl (C=O) groups is 1. The highest BCUT2D eigenvalue weighted by Crippen LogP contribution is 2.45. The molecule has 1 aliphatic carbocycles. The van der Waals surface area contributed by atoms with Crippen LogP contribution in [0, 0.1) is 11.8 Å². The number of amides is 1. The molecule has 7 nitrogen and oxygen atoms in total. The lowest BCUT2D eigenvalue weighted by molar-refractivity contribution is -0.178. The van der Waals surface area contributed by atoms with Crippen LogP contribution in [0.4, 0.5) is 19.0 Å². The average Bonchev–Trinajstić information content (AvgIpc) is 3.26. The first-order chi connectivity index (χ1) is 15.3. The Morgan fingerprint density at radius 3 is 2.72 bits per heavy atom. The zero-order valence-electron chi connectivity index (χ0n) is 18.3. The summed E-state index contributed by atoms with van der Waals surface area (Å²) >= 11 is 0. The highest BCUT2D eigenvalue weighted by atomic mass is 19.4. The number of pyridine rings is 1. The fraction of sp³-hybridized carbons (Fsp3) is 0.727. The van der Waals surface area contributed by atoms with Crippen molar-refractivity contribution in [1.82, 2.24) is 25.6 Å². The summed E-state index contributed by atoms with van der Waals surface area (Å²) in [4.78, 5) is 23.2. The second-order valence-electron chi connectivity index (χ2n) is 9.72. The number of hydrogen-bond donors (Lipinski definition) is 2. The van der Waals surface area contributed by atoms with Gasteiger partial charge in [0.1, 0.15) is 12.4 Å². The number of anilines is 1. The smallest absolute Gasteiger partial charge is 0.354 e. The number of carbonyl (C=O) groups excluding carboxylic acids is 1. The number of piperidine rings is 1. The maximum absolute atomic E-state index is 13.4. The Balaban J connectivity index is 1.37. The molecule has 2 N–H and O–H groups in total. The molecule has 4 heterocycles. The van der Waals surface area contributed by atoms with Crippen molar-refractivity contribution in [2.45, 2.75) is 43.4 Å². The molecule has 1 amide bonds. The SMILES string of the molecule is CN1CCN(c2cc(C3CCC4C5NNCC5C(=O)N(CC(F)(F)F)C4C3)ccn2)CC1. The Hall–Kier alpha value is -1.91. The van der Waals surface area contributed by atoms with Gasteiger partial charge in [0.2, 0.25) is 5.91 Å². The Kier molecular flexibility index (Phi) is 5.79. The zero-order chi connectivity index (χ0) is 22.5. The number of alkyl halides is 3. The first-order valence-electron chi connectivity index (χ1n) is 11.6. The first-order valence-corrected chi connectivity index (χ1v) is 11.6. The van der Waals surface area contributed by atoms with Crippen LogP contribution in [0.5, 0.6) is 0 Å². The number of aromatic nitrogens is 1. The first kappa shape index (κ1) is 21.9. The highest BCUT2D eigenvalue weighted by molar-refractivity contribution is 5.82. The standard InChI is InChI=1S/C22H31F3N6O/c1-29-6-8-30(9-7-29)19-11-15(4-5-26-19)14-2-3-16-18(10-14)31(13-22(23,24)25)21(32)17-12-27-28-20(16)17/h4-5,11,14,16-18,20,27-28H,2-3,6-10,12-13H2,1H3. The fourth-order valence-corrected chi connectivity index (χ4v) is 6.07. The van der Waals surface area contributed by atoms with Crippen LogP contribution in [-0.2, 0) is 4.79 Å². The van der Waals surface area contributed by atoms with Gasteiger partial charge in [-0.15, -0.1) is 0 Å². The van der Waals surface area contributed by atoms with Crippen molar-refractivity contribution >= 4 is 11.7 Å². The van der Waals surface area contributed by atoms with E-state index in [9.17, 15) is 18.0 Å². The van der Waals surface area contributed by atoms with E-state index in [2.05, 4.69) is 38.7 Å². The number of piperazine rings is 1. The number of rotatable bonds is 3. The Bertz CT molecular complexity index is 843. The van der Waals surface area contributed by atoms with Gasteiger partial charge in [0.15, 0.2) is 0 Å². The Morgan fingerprint density at radius 1 is 1.19 bits per heavy atom. The van der Waals surface area contributed by atoms with E-state index in [4.69, 9.17) is 0 Å². The molecular weight excluding hydrogens is 421 g/mol. The summed E-state index contributed by atoms with van der Waals surface area (Å²) < 4.78 is 40.1. The van der Waals surface area contributed by atoms with Gasteiger partial charge in [-0.1, -0.05) is 0 Å². The predicted octanol–water partition coefficient (Wildman–Crippen LogP) is 1.58. The van der Waals surface area contributed by atoms with Gasteiger partial charge in [-0.25, -0.2) is 4.98 Å². The van der Waals surface area contributed by atoms with Gasteiger partial charge in [-0.2, -0.15) is 13.2 Å². The molecule has 5 atom stereocenters. The van der Waals surface area contributed by atoms with E-state index in [1.165, 1.54) is 0 Å². The van der Waals surface area contributed by atoms with Crippen LogP contribution in [0.2, 0.25) is 0 Å². The van der Waals surface area contributed by atoms with Gasteiger partial charge in [0.05, 0.1) is 5.92 Å². The molecule has 0 aromatic carbocycles. The molecule has 1 aromatic heterocycles. The third-order valence-corrected chi connectivity index (χ3v) is 7.77. The molecule has 176 valence electrons. The summed E-state index contributed by atoms with van der Waals surface area (Å²) in [6.07, 6.45) is -0.313. The van der Waals surface area contributed by atoms with Gasteiger partial charge in [-0.05, 0) is 55.8 Å². The third-order valence-electron chi connectivity index (χ3n) is 7.77. The quantitative estimate of drug-likeness (QED) is 0.726. The maximum atomic E-state index is 13.4. The largest absolute Gasteiger partial charge is 0.406 e. The van der Waals surface area contributed by atoms with Crippen molar-refractivity contribution in [2.75, 3.05) is 51.2 Å². The summed E-state index contributed by atoms with van der Waals surface area (Å²) in [5, 5.41) is 0. The lowest BCUT2D eigenvalue weighted by atomic mass is 9.67. The van der Waals surface area contributed by atoms with E-state index in [-0.39, 0.29) is 23.8 Å². The van der Waals surface area contributed by atoms with E-state index in [0.29, 0.717) is 13.0 Å². The number of likely N-dealkylation sites (tertiary alicyclic amines) is 1. The average molecular weight is 453 g/mol. The lowest BCUT2D eigenvalue weighted by Crippen LogP contribution is -2.63. The van der Waals surface area contributed by atoms with Crippen LogP contribution < -0.4 is 15.8 Å². The van der Waals surface area contributed by atoms with E-state index in [0.717, 1.165) is 55.3 Å². The summed E-state index contributed by atoms with van der Waals surface area (Å²) in [5.41, 5.74) is 7.30. The number of fused-ring (bicyclic) bond motifs is 3. The van der Waals surface area contributed by atoms with E-state index < -0.39 is 24.7 Å². The van der Waals surface area contributed by atoms with Crippen LogP contribution >= 0.6 is 0 Å². The Morgan fingerprint density at radius 2 is 1.97 bits per heavy atom. The molecule has 0 radical (unpaired) electrons. The summed E-state index contributed by atoms with van der Waals surface area (Å²) in [6, 6.07) is 3.60. The van der Waals surface area contributed by atoms with Crippen LogP contribution in [0.15, 0.2) is 18.3 Å². The number of likely N-dealkylation sites (N-methyl/N-ethyl adjacent to an activating group) is 1. The van der Waals surface area contributed by atoms with Crippen LogP contribution in [-0.4, -0.2) is 85.3 Å². The number of nitrogens with one attached hydrogen (secondary N) is 2. The zero-order valence-corrected chi connectivity index (χ0v) is 18.3. The number of nitrogens with zero attached hydrogens (tertiary/aromatic N) is 4. The van der Waals surface area contributed by atoms with Gasteiger partial charge >= 0.3 is 6.18 Å². The molecule has 4 fully saturated rings. The maximum Gasteiger partial charge on any atom is 0.406 e. The monoisotopic (exact) mass is 452 g/mol. The van der Waals surface area contributed by atoms with E-state index in [1.807, 2.05) is 12.3 Å². The van der Waals surface area contributed by atoms with Crippen molar-refractivity contribution in [3.8, 4) is 0 Å². The summed E-state index contributed by atoms with van der Waals surface area (Å²) in [5.74, 6) is 0.302. The molecule has 4 aliphatic rings. The lowest BCUT2D eigenvalue weighted by Gasteiger charge is -2.50. The fourth-order valence-electron chi connectivity index (χ4n) is 6.07. The minimum absolute atomic E-state index is 0.0326. The minimum atomic E-state index is -4.40. The van der Waals surface area contributed by atoms with Crippen LogP contribution in [0.1, 0.15) is 30.7 Å².